The number of nitrogens with two attached hydrogens (primary N) is 3. The van der Waals surface area contributed by atoms with Gasteiger partial charge in [-0.25, -0.2) is 0 Å². The van der Waals surface area contributed by atoms with Crippen LogP contribution in [0.15, 0.2) is 0 Å². The molecular formula is C7H16N4O2. The molecule has 0 spiro atoms. The van der Waals surface area contributed by atoms with Crippen LogP contribution in [-0.2, 0) is 9.59 Å². The minimum absolute atomic E-state index is 0.171. The van der Waals surface area contributed by atoms with Crippen molar-refractivity contribution >= 4 is 11.8 Å². The first-order valence-corrected chi connectivity index (χ1v) is 4.09. The van der Waals surface area contributed by atoms with Crippen molar-refractivity contribution in [3.8, 4) is 0 Å². The second kappa shape index (κ2) is 6.38. The maximum absolute atomic E-state index is 11.1. The monoisotopic (exact) mass is 188 g/mol. The number of rotatable bonds is 6. The van der Waals surface area contributed by atoms with Crippen molar-refractivity contribution in [1.82, 2.24) is 5.32 Å². The van der Waals surface area contributed by atoms with E-state index in [1.807, 2.05) is 0 Å². The number of primary amides is 1. The standard InChI is InChI=1S/C7H16N4O2/c8-3-1-2-5(9)7(13)11-4-6(10)12/h5H,1-4,8-9H2,(H2,10,12)(H,11,13)/t5-/m0/s1. The van der Waals surface area contributed by atoms with Crippen LogP contribution in [-0.4, -0.2) is 30.9 Å². The van der Waals surface area contributed by atoms with E-state index >= 15 is 0 Å². The molecule has 1 atom stereocenters. The Bertz CT molecular complexity index is 183. The lowest BCUT2D eigenvalue weighted by Gasteiger charge is -2.09. The maximum Gasteiger partial charge on any atom is 0.237 e. The Hall–Kier alpha value is -1.14. The van der Waals surface area contributed by atoms with Gasteiger partial charge in [0.1, 0.15) is 0 Å². The summed E-state index contributed by atoms with van der Waals surface area (Å²) in [5.41, 5.74) is 15.5. The molecule has 0 aromatic rings. The molecule has 0 aliphatic heterocycles. The highest BCUT2D eigenvalue weighted by molar-refractivity contribution is 5.86. The minimum Gasteiger partial charge on any atom is -0.368 e. The van der Waals surface area contributed by atoms with E-state index in [1.165, 1.54) is 0 Å². The van der Waals surface area contributed by atoms with Crippen LogP contribution in [0.1, 0.15) is 12.8 Å². The third-order valence-corrected chi connectivity index (χ3v) is 1.49. The second-order valence-corrected chi connectivity index (χ2v) is 2.72. The van der Waals surface area contributed by atoms with Crippen molar-refractivity contribution in [3.05, 3.63) is 0 Å². The molecule has 0 aromatic carbocycles. The number of amides is 2. The third-order valence-electron chi connectivity index (χ3n) is 1.49. The molecule has 0 heterocycles. The Kier molecular flexibility index (Phi) is 5.82. The molecule has 0 saturated heterocycles. The zero-order valence-corrected chi connectivity index (χ0v) is 7.45. The van der Waals surface area contributed by atoms with E-state index in [-0.39, 0.29) is 12.5 Å². The number of hydrogen-bond donors (Lipinski definition) is 4. The average Bonchev–Trinajstić information content (AvgIpc) is 2.10. The number of hydrogen-bond acceptors (Lipinski definition) is 4. The summed E-state index contributed by atoms with van der Waals surface area (Å²) in [5, 5.41) is 2.31. The zero-order chi connectivity index (χ0) is 10.3. The van der Waals surface area contributed by atoms with Gasteiger partial charge in [0, 0.05) is 0 Å². The molecule has 7 N–H and O–H groups in total. The van der Waals surface area contributed by atoms with Crippen LogP contribution < -0.4 is 22.5 Å². The van der Waals surface area contributed by atoms with Crippen LogP contribution in [0, 0.1) is 0 Å². The molecule has 6 heteroatoms. The van der Waals surface area contributed by atoms with Gasteiger partial charge in [-0.2, -0.15) is 0 Å². The maximum atomic E-state index is 11.1. The van der Waals surface area contributed by atoms with Gasteiger partial charge in [-0.15, -0.1) is 0 Å². The van der Waals surface area contributed by atoms with Crippen LogP contribution in [0.2, 0.25) is 0 Å². The fraction of sp³-hybridized carbons (Fsp3) is 0.714. The molecule has 0 aliphatic rings. The van der Waals surface area contributed by atoms with Crippen LogP contribution in [0.25, 0.3) is 0 Å². The van der Waals surface area contributed by atoms with E-state index in [9.17, 15) is 9.59 Å². The second-order valence-electron chi connectivity index (χ2n) is 2.72. The predicted molar refractivity (Wildman–Crippen MR) is 48.5 cm³/mol. The minimum atomic E-state index is -0.608. The van der Waals surface area contributed by atoms with E-state index in [0.29, 0.717) is 19.4 Å². The van der Waals surface area contributed by atoms with Crippen LogP contribution in [0.4, 0.5) is 0 Å². The van der Waals surface area contributed by atoms with Gasteiger partial charge in [0.2, 0.25) is 11.8 Å². The lowest BCUT2D eigenvalue weighted by atomic mass is 10.1. The van der Waals surface area contributed by atoms with Crippen LogP contribution >= 0.6 is 0 Å². The van der Waals surface area contributed by atoms with E-state index in [0.717, 1.165) is 0 Å². The molecule has 6 nitrogen and oxygen atoms in total. The molecule has 0 aromatic heterocycles. The van der Waals surface area contributed by atoms with Gasteiger partial charge in [0.25, 0.3) is 0 Å². The average molecular weight is 188 g/mol. The topological polar surface area (TPSA) is 124 Å². The van der Waals surface area contributed by atoms with Gasteiger partial charge in [-0.05, 0) is 19.4 Å². The van der Waals surface area contributed by atoms with Gasteiger partial charge in [0.05, 0.1) is 12.6 Å². The van der Waals surface area contributed by atoms with Crippen LogP contribution in [0.5, 0.6) is 0 Å². The summed E-state index contributed by atoms with van der Waals surface area (Å²) >= 11 is 0. The summed E-state index contributed by atoms with van der Waals surface area (Å²) in [6.45, 7) is 0.325. The molecule has 0 rings (SSSR count). The fourth-order valence-corrected chi connectivity index (χ4v) is 0.774. The summed E-state index contributed by atoms with van der Waals surface area (Å²) < 4.78 is 0. The SMILES string of the molecule is NCCC[C@H](N)C(=O)NCC(N)=O. The number of carbonyl (C=O) groups is 2. The highest BCUT2D eigenvalue weighted by atomic mass is 16.2. The third kappa shape index (κ3) is 6.06. The van der Waals surface area contributed by atoms with Gasteiger partial charge in [0.15, 0.2) is 0 Å². The summed E-state index contributed by atoms with van der Waals surface area (Å²) in [6.07, 6.45) is 1.20. The van der Waals surface area contributed by atoms with Crippen molar-refractivity contribution in [1.29, 1.82) is 0 Å². The molecule has 76 valence electrons. The quantitative estimate of drug-likeness (QED) is 0.372. The first kappa shape index (κ1) is 11.9. The first-order chi connectivity index (χ1) is 6.07. The highest BCUT2D eigenvalue weighted by Crippen LogP contribution is 1.91. The number of nitrogens with one attached hydrogen (secondary N) is 1. The molecule has 0 bridgehead atoms. The van der Waals surface area contributed by atoms with Crippen molar-refractivity contribution in [2.24, 2.45) is 17.2 Å². The first-order valence-electron chi connectivity index (χ1n) is 4.09. The lowest BCUT2D eigenvalue weighted by Crippen LogP contribution is -2.44. The van der Waals surface area contributed by atoms with Gasteiger partial charge in [-0.3, -0.25) is 9.59 Å². The predicted octanol–water partition coefficient (Wildman–Crippen LogP) is -2.35. The van der Waals surface area contributed by atoms with E-state index in [1.54, 1.807) is 0 Å². The molecule has 13 heavy (non-hydrogen) atoms. The Balaban J connectivity index is 3.63. The molecule has 2 amide bonds. The smallest absolute Gasteiger partial charge is 0.237 e. The Labute approximate surface area is 76.8 Å². The summed E-state index contributed by atoms with van der Waals surface area (Å²) in [7, 11) is 0. The highest BCUT2D eigenvalue weighted by Gasteiger charge is 2.12. The van der Waals surface area contributed by atoms with Crippen LogP contribution in [0.3, 0.4) is 0 Å². The Morgan fingerprint density at radius 2 is 2.00 bits per heavy atom. The van der Waals surface area contributed by atoms with Gasteiger partial charge >= 0.3 is 0 Å². The summed E-state index contributed by atoms with van der Waals surface area (Å²) in [4.78, 5) is 21.4. The lowest BCUT2D eigenvalue weighted by molar-refractivity contribution is -0.125. The molecule has 0 radical (unpaired) electrons. The fourth-order valence-electron chi connectivity index (χ4n) is 0.774. The van der Waals surface area contributed by atoms with E-state index in [2.05, 4.69) is 5.32 Å². The summed E-state index contributed by atoms with van der Waals surface area (Å²) in [6, 6.07) is -0.608. The normalized spacial score (nSPS) is 12.2. The van der Waals surface area contributed by atoms with Crippen molar-refractivity contribution in [2.75, 3.05) is 13.1 Å². The van der Waals surface area contributed by atoms with Crippen molar-refractivity contribution in [3.63, 3.8) is 0 Å². The molecule has 0 fully saturated rings. The largest absolute Gasteiger partial charge is 0.368 e. The van der Waals surface area contributed by atoms with Gasteiger partial charge < -0.3 is 22.5 Å². The molecule has 0 unspecified atom stereocenters. The molecule has 0 aliphatic carbocycles. The van der Waals surface area contributed by atoms with Crippen molar-refractivity contribution in [2.45, 2.75) is 18.9 Å². The van der Waals surface area contributed by atoms with Crippen molar-refractivity contribution < 1.29 is 9.59 Å². The zero-order valence-electron chi connectivity index (χ0n) is 7.45. The van der Waals surface area contributed by atoms with E-state index in [4.69, 9.17) is 17.2 Å². The van der Waals surface area contributed by atoms with Gasteiger partial charge in [-0.1, -0.05) is 0 Å². The number of carbonyl (C=O) groups excluding carboxylic acids is 2. The Morgan fingerprint density at radius 1 is 1.38 bits per heavy atom. The Morgan fingerprint density at radius 3 is 2.46 bits per heavy atom. The molecule has 0 saturated carbocycles. The molecular weight excluding hydrogens is 172 g/mol. The van der Waals surface area contributed by atoms with E-state index < -0.39 is 11.9 Å². The summed E-state index contributed by atoms with van der Waals surface area (Å²) in [5.74, 6) is -0.952.